The lowest BCUT2D eigenvalue weighted by Crippen LogP contribution is -2.31. The molecule has 0 heterocycles. The van der Waals surface area contributed by atoms with Gasteiger partial charge in [0.15, 0.2) is 0 Å². The van der Waals surface area contributed by atoms with Crippen molar-refractivity contribution in [3.05, 3.63) is 35.4 Å². The maximum absolute atomic E-state index is 12.6. The van der Waals surface area contributed by atoms with Crippen LogP contribution in [0.2, 0.25) is 0 Å². The molecule has 2 atom stereocenters. The van der Waals surface area contributed by atoms with Crippen molar-refractivity contribution >= 4 is 0 Å². The maximum Gasteiger partial charge on any atom is 0.416 e. The molecule has 0 aromatic heterocycles. The van der Waals surface area contributed by atoms with Gasteiger partial charge in [-0.05, 0) is 42.7 Å². The molecule has 2 unspecified atom stereocenters. The normalized spacial score (nSPS) is 34.4. The lowest BCUT2D eigenvalue weighted by Gasteiger charge is -2.16. The molecule has 0 saturated heterocycles. The summed E-state index contributed by atoms with van der Waals surface area (Å²) in [5.74, 6) is 1.07. The van der Waals surface area contributed by atoms with Crippen molar-refractivity contribution in [2.75, 3.05) is 0 Å². The molecule has 2 aliphatic rings. The fraction of sp³-hybridized carbons (Fsp3) is 0.571. The van der Waals surface area contributed by atoms with Crippen molar-refractivity contribution in [3.63, 3.8) is 0 Å². The van der Waals surface area contributed by atoms with Crippen LogP contribution in [0.1, 0.15) is 30.4 Å². The van der Waals surface area contributed by atoms with Gasteiger partial charge in [0.25, 0.3) is 0 Å². The largest absolute Gasteiger partial charge is 0.416 e. The van der Waals surface area contributed by atoms with Crippen molar-refractivity contribution < 1.29 is 13.2 Å². The summed E-state index contributed by atoms with van der Waals surface area (Å²) in [5, 5.41) is 0. The zero-order chi connectivity index (χ0) is 13.0. The Morgan fingerprint density at radius 2 is 1.89 bits per heavy atom. The first-order chi connectivity index (χ1) is 8.41. The summed E-state index contributed by atoms with van der Waals surface area (Å²) in [6.45, 7) is 0. The smallest absolute Gasteiger partial charge is 0.324 e. The van der Waals surface area contributed by atoms with E-state index in [0.717, 1.165) is 18.9 Å². The molecule has 2 fully saturated rings. The number of fused-ring (bicyclic) bond motifs is 1. The van der Waals surface area contributed by atoms with Crippen LogP contribution in [0.15, 0.2) is 24.3 Å². The second-order valence-corrected chi connectivity index (χ2v) is 5.63. The van der Waals surface area contributed by atoms with E-state index < -0.39 is 11.7 Å². The van der Waals surface area contributed by atoms with Crippen LogP contribution in [0.25, 0.3) is 0 Å². The monoisotopic (exact) mass is 255 g/mol. The van der Waals surface area contributed by atoms with E-state index in [1.165, 1.54) is 18.6 Å². The van der Waals surface area contributed by atoms with E-state index in [1.807, 2.05) is 0 Å². The molecule has 3 rings (SSSR count). The summed E-state index contributed by atoms with van der Waals surface area (Å²) in [6.07, 6.45) is -0.194. The van der Waals surface area contributed by atoms with E-state index in [1.54, 1.807) is 6.07 Å². The summed E-state index contributed by atoms with van der Waals surface area (Å²) in [5.41, 5.74) is 6.21. The molecule has 1 nitrogen and oxygen atoms in total. The van der Waals surface area contributed by atoms with Crippen LogP contribution in [0.5, 0.6) is 0 Å². The summed E-state index contributed by atoms with van der Waals surface area (Å²) in [7, 11) is 0. The number of alkyl halides is 3. The number of halogens is 3. The van der Waals surface area contributed by atoms with Gasteiger partial charge < -0.3 is 5.73 Å². The molecule has 0 spiro atoms. The lowest BCUT2D eigenvalue weighted by molar-refractivity contribution is -0.137. The van der Waals surface area contributed by atoms with Crippen LogP contribution >= 0.6 is 0 Å². The average Bonchev–Trinajstić information content (AvgIpc) is 2.68. The van der Waals surface area contributed by atoms with Gasteiger partial charge in [-0.25, -0.2) is 0 Å². The Morgan fingerprint density at radius 1 is 1.22 bits per heavy atom. The number of nitrogens with two attached hydrogens (primary N) is 1. The van der Waals surface area contributed by atoms with Gasteiger partial charge in [-0.2, -0.15) is 13.2 Å². The highest BCUT2D eigenvalue weighted by Gasteiger charge is 2.63. The summed E-state index contributed by atoms with van der Waals surface area (Å²) < 4.78 is 37.8. The fourth-order valence-electron chi connectivity index (χ4n) is 3.60. The van der Waals surface area contributed by atoms with E-state index in [9.17, 15) is 13.2 Å². The standard InChI is InChI=1S/C14H16F3N/c15-14(16,17)10-4-1-3-9(7-10)8-13(18)11-5-2-6-12(11)13/h1,3-4,7,11-12H,2,5-6,8,18H2. The van der Waals surface area contributed by atoms with Crippen molar-refractivity contribution in [1.82, 2.24) is 0 Å². The first kappa shape index (κ1) is 12.0. The number of hydrogen-bond acceptors (Lipinski definition) is 1. The maximum atomic E-state index is 12.6. The quantitative estimate of drug-likeness (QED) is 0.861. The Labute approximate surface area is 104 Å². The van der Waals surface area contributed by atoms with Crippen molar-refractivity contribution in [3.8, 4) is 0 Å². The third-order valence-electron chi connectivity index (χ3n) is 4.55. The highest BCUT2D eigenvalue weighted by molar-refractivity contribution is 5.31. The molecule has 2 saturated carbocycles. The van der Waals surface area contributed by atoms with E-state index in [4.69, 9.17) is 5.73 Å². The molecule has 2 aliphatic carbocycles. The molecule has 4 heteroatoms. The molecular weight excluding hydrogens is 239 g/mol. The fourth-order valence-corrected chi connectivity index (χ4v) is 3.60. The molecule has 18 heavy (non-hydrogen) atoms. The van der Waals surface area contributed by atoms with E-state index in [2.05, 4.69) is 0 Å². The predicted molar refractivity (Wildman–Crippen MR) is 62.9 cm³/mol. The van der Waals surface area contributed by atoms with Gasteiger partial charge >= 0.3 is 6.18 Å². The molecule has 0 amide bonds. The van der Waals surface area contributed by atoms with Crippen LogP contribution in [-0.2, 0) is 12.6 Å². The number of benzene rings is 1. The molecular formula is C14H16F3N. The SMILES string of the molecule is NC1(Cc2cccc(C(F)(F)F)c2)C2CCCC21. The van der Waals surface area contributed by atoms with Gasteiger partial charge in [-0.3, -0.25) is 0 Å². The zero-order valence-corrected chi connectivity index (χ0v) is 10.0. The van der Waals surface area contributed by atoms with Gasteiger partial charge in [0, 0.05) is 5.54 Å². The van der Waals surface area contributed by atoms with Crippen LogP contribution < -0.4 is 5.73 Å². The van der Waals surface area contributed by atoms with Gasteiger partial charge in [-0.1, -0.05) is 24.6 Å². The Hall–Kier alpha value is -1.03. The molecule has 98 valence electrons. The third-order valence-corrected chi connectivity index (χ3v) is 4.55. The average molecular weight is 255 g/mol. The molecule has 0 radical (unpaired) electrons. The van der Waals surface area contributed by atoms with Crippen LogP contribution in [0.4, 0.5) is 13.2 Å². The Kier molecular flexibility index (Phi) is 2.49. The minimum Gasteiger partial charge on any atom is -0.324 e. The molecule has 1 aromatic rings. The van der Waals surface area contributed by atoms with E-state index in [0.29, 0.717) is 23.8 Å². The third kappa shape index (κ3) is 1.83. The topological polar surface area (TPSA) is 26.0 Å². The van der Waals surface area contributed by atoms with Gasteiger partial charge in [0.2, 0.25) is 0 Å². The summed E-state index contributed by atoms with van der Waals surface area (Å²) in [6, 6.07) is 5.57. The van der Waals surface area contributed by atoms with Crippen LogP contribution in [-0.4, -0.2) is 5.54 Å². The Morgan fingerprint density at radius 3 is 2.50 bits per heavy atom. The van der Waals surface area contributed by atoms with Crippen molar-refractivity contribution in [2.24, 2.45) is 17.6 Å². The van der Waals surface area contributed by atoms with Crippen LogP contribution in [0, 0.1) is 11.8 Å². The summed E-state index contributed by atoms with van der Waals surface area (Å²) >= 11 is 0. The highest BCUT2D eigenvalue weighted by atomic mass is 19.4. The molecule has 0 aliphatic heterocycles. The lowest BCUT2D eigenvalue weighted by atomic mass is 9.96. The predicted octanol–water partition coefficient (Wildman–Crippen LogP) is 3.38. The second kappa shape index (κ2) is 3.73. The Bertz CT molecular complexity index is 456. The number of hydrogen-bond donors (Lipinski definition) is 1. The first-order valence-electron chi connectivity index (χ1n) is 6.36. The van der Waals surface area contributed by atoms with Crippen molar-refractivity contribution in [1.29, 1.82) is 0 Å². The minimum absolute atomic E-state index is 0.234. The zero-order valence-electron chi connectivity index (χ0n) is 10.0. The minimum atomic E-state index is -4.27. The van der Waals surface area contributed by atoms with E-state index >= 15 is 0 Å². The van der Waals surface area contributed by atoms with Gasteiger partial charge in [-0.15, -0.1) is 0 Å². The second-order valence-electron chi connectivity index (χ2n) is 5.63. The highest BCUT2D eigenvalue weighted by Crippen LogP contribution is 2.60. The van der Waals surface area contributed by atoms with Crippen molar-refractivity contribution in [2.45, 2.75) is 37.4 Å². The molecule has 0 bridgehead atoms. The van der Waals surface area contributed by atoms with Gasteiger partial charge in [0.1, 0.15) is 0 Å². The number of rotatable bonds is 2. The molecule has 1 aromatic carbocycles. The first-order valence-corrected chi connectivity index (χ1v) is 6.36. The molecule has 2 N–H and O–H groups in total. The Balaban J connectivity index is 1.78. The van der Waals surface area contributed by atoms with Crippen LogP contribution in [0.3, 0.4) is 0 Å². The summed E-state index contributed by atoms with van der Waals surface area (Å²) in [4.78, 5) is 0. The van der Waals surface area contributed by atoms with Gasteiger partial charge in [0.05, 0.1) is 5.56 Å². The van der Waals surface area contributed by atoms with E-state index in [-0.39, 0.29) is 5.54 Å².